The predicted molar refractivity (Wildman–Crippen MR) is 130 cm³/mol. The predicted octanol–water partition coefficient (Wildman–Crippen LogP) is 1.53. The number of aromatic nitrogens is 4. The van der Waals surface area contributed by atoms with Gasteiger partial charge in [-0.3, -0.25) is 19.3 Å². The van der Waals surface area contributed by atoms with Gasteiger partial charge in [-0.15, -0.1) is 5.10 Å². The van der Waals surface area contributed by atoms with Crippen molar-refractivity contribution < 1.29 is 27.5 Å². The van der Waals surface area contributed by atoms with Crippen LogP contribution in [0.15, 0.2) is 53.8 Å². The van der Waals surface area contributed by atoms with Crippen molar-refractivity contribution in [2.24, 2.45) is 7.05 Å². The van der Waals surface area contributed by atoms with Crippen molar-refractivity contribution in [2.75, 3.05) is 32.1 Å². The first kappa shape index (κ1) is 27.1. The van der Waals surface area contributed by atoms with Gasteiger partial charge in [0.1, 0.15) is 5.69 Å². The Morgan fingerprint density at radius 2 is 1.75 bits per heavy atom. The highest BCUT2D eigenvalue weighted by Crippen LogP contribution is 2.15. The number of nitrogens with zero attached hydrogens (tertiary/aromatic N) is 4. The quantitative estimate of drug-likeness (QED) is 0.250. The lowest BCUT2D eigenvalue weighted by atomic mass is 10.1. The molecule has 0 aliphatic rings. The Hall–Kier alpha value is -3.48. The second kappa shape index (κ2) is 13.0. The second-order valence-corrected chi connectivity index (χ2v) is 10.2. The normalized spacial score (nSPS) is 11.4. The lowest BCUT2D eigenvalue weighted by Crippen LogP contribution is -2.28. The Bertz CT molecular complexity index is 1270. The van der Waals surface area contributed by atoms with E-state index in [2.05, 4.69) is 20.6 Å². The average molecular weight is 516 g/mol. The zero-order valence-corrected chi connectivity index (χ0v) is 21.0. The molecule has 11 nitrogen and oxygen atoms in total. The van der Waals surface area contributed by atoms with E-state index in [9.17, 15) is 18.0 Å². The van der Waals surface area contributed by atoms with Crippen LogP contribution in [0.5, 0.6) is 0 Å². The van der Waals surface area contributed by atoms with E-state index in [0.717, 1.165) is 11.3 Å². The number of Topliss-reactive ketones (excluding diaryl/α,β-unsaturated/α-hetero) is 1. The van der Waals surface area contributed by atoms with Gasteiger partial charge in [0.05, 0.1) is 48.8 Å². The topological polar surface area (TPSA) is 142 Å². The Balaban J connectivity index is 1.37. The van der Waals surface area contributed by atoms with E-state index in [1.54, 1.807) is 30.1 Å². The fourth-order valence-corrected chi connectivity index (χ4v) is 4.39. The number of rotatable bonds is 14. The molecule has 0 unspecified atom stereocenters. The molecule has 3 rings (SSSR count). The Kier molecular flexibility index (Phi) is 9.79. The van der Waals surface area contributed by atoms with Gasteiger partial charge in [-0.25, -0.2) is 8.42 Å². The van der Waals surface area contributed by atoms with Gasteiger partial charge in [0.2, 0.25) is 0 Å². The van der Waals surface area contributed by atoms with Crippen molar-refractivity contribution >= 4 is 21.5 Å². The van der Waals surface area contributed by atoms with E-state index in [1.165, 1.54) is 30.6 Å². The van der Waals surface area contributed by atoms with Crippen LogP contribution in [-0.4, -0.2) is 72.2 Å². The number of sulfone groups is 1. The highest BCUT2D eigenvalue weighted by atomic mass is 32.2. The highest BCUT2D eigenvalue weighted by molar-refractivity contribution is 7.91. The van der Waals surface area contributed by atoms with Crippen LogP contribution < -0.4 is 5.32 Å². The lowest BCUT2D eigenvalue weighted by molar-refractivity contribution is 0.0401. The summed E-state index contributed by atoms with van der Waals surface area (Å²) >= 11 is 0. The zero-order valence-electron chi connectivity index (χ0n) is 20.2. The monoisotopic (exact) mass is 515 g/mol. The second-order valence-electron chi connectivity index (χ2n) is 8.07. The molecule has 0 saturated heterocycles. The third kappa shape index (κ3) is 8.33. The summed E-state index contributed by atoms with van der Waals surface area (Å²) in [5.41, 5.74) is 2.06. The summed E-state index contributed by atoms with van der Waals surface area (Å²) in [7, 11) is -1.82. The molecule has 2 heterocycles. The maximum atomic E-state index is 12.6. The largest absolute Gasteiger partial charge is 0.377 e. The minimum Gasteiger partial charge on any atom is -0.377 e. The van der Waals surface area contributed by atoms with E-state index >= 15 is 0 Å². The molecular formula is C24H29N5O6S. The van der Waals surface area contributed by atoms with Crippen molar-refractivity contribution in [1.29, 1.82) is 0 Å². The smallest absolute Gasteiger partial charge is 0.252 e. The first-order valence-corrected chi connectivity index (χ1v) is 13.0. The lowest BCUT2D eigenvalue weighted by Gasteiger charge is -2.08. The highest BCUT2D eigenvalue weighted by Gasteiger charge is 2.18. The molecule has 3 aromatic rings. The van der Waals surface area contributed by atoms with Crippen LogP contribution >= 0.6 is 0 Å². The van der Waals surface area contributed by atoms with Gasteiger partial charge in [0.25, 0.3) is 5.91 Å². The standard InChI is InChI=1S/C24H29N5O6S/c1-18-3-5-22(6-4-18)36(32,33)12-7-23(30)19-13-20(15-25-14-19)24(31)26-8-9-34-10-11-35-17-21-16-29(2)28-27-21/h3-6,13-16H,7-12,17H2,1-2H3,(H,26,31). The molecular weight excluding hydrogens is 486 g/mol. The van der Waals surface area contributed by atoms with Gasteiger partial charge >= 0.3 is 0 Å². The molecule has 0 aliphatic carbocycles. The number of hydrogen-bond acceptors (Lipinski definition) is 9. The fourth-order valence-electron chi connectivity index (χ4n) is 3.15. The first-order valence-electron chi connectivity index (χ1n) is 11.3. The number of ether oxygens (including phenoxy) is 2. The van der Waals surface area contributed by atoms with Crippen LogP contribution in [0.1, 0.15) is 38.4 Å². The van der Waals surface area contributed by atoms with Crippen molar-refractivity contribution in [1.82, 2.24) is 25.3 Å². The SMILES string of the molecule is Cc1ccc(S(=O)(=O)CCC(=O)c2cncc(C(=O)NCCOCCOCc3cn(C)nn3)c2)cc1. The van der Waals surface area contributed by atoms with E-state index in [-0.39, 0.29) is 41.3 Å². The number of amides is 1. The molecule has 0 spiro atoms. The van der Waals surface area contributed by atoms with E-state index in [1.807, 2.05) is 6.92 Å². The summed E-state index contributed by atoms with van der Waals surface area (Å²) < 4.78 is 37.4. The number of carbonyl (C=O) groups excluding carboxylic acids is 2. The molecule has 2 aromatic heterocycles. The molecule has 0 atom stereocenters. The molecule has 0 radical (unpaired) electrons. The van der Waals surface area contributed by atoms with Crippen LogP contribution in [0.2, 0.25) is 0 Å². The van der Waals surface area contributed by atoms with Crippen LogP contribution in [0.3, 0.4) is 0 Å². The molecule has 192 valence electrons. The van der Waals surface area contributed by atoms with Crippen LogP contribution in [0.25, 0.3) is 0 Å². The Morgan fingerprint density at radius 3 is 2.47 bits per heavy atom. The number of pyridine rings is 1. The molecule has 0 saturated carbocycles. The van der Waals surface area contributed by atoms with Crippen molar-refractivity contribution in [3.8, 4) is 0 Å². The van der Waals surface area contributed by atoms with Crippen molar-refractivity contribution in [3.05, 3.63) is 71.3 Å². The van der Waals surface area contributed by atoms with E-state index < -0.39 is 21.5 Å². The number of benzene rings is 1. The number of hydrogen-bond donors (Lipinski definition) is 1. The molecule has 1 aromatic carbocycles. The van der Waals surface area contributed by atoms with Crippen molar-refractivity contribution in [2.45, 2.75) is 24.8 Å². The molecule has 12 heteroatoms. The summed E-state index contributed by atoms with van der Waals surface area (Å²) in [6.07, 6.45) is 4.22. The van der Waals surface area contributed by atoms with Gasteiger partial charge in [0.15, 0.2) is 15.6 Å². The van der Waals surface area contributed by atoms with Crippen LogP contribution in [0, 0.1) is 6.92 Å². The molecule has 1 N–H and O–H groups in total. The minimum atomic E-state index is -3.59. The van der Waals surface area contributed by atoms with Crippen LogP contribution in [0.4, 0.5) is 0 Å². The Labute approximate surface area is 209 Å². The summed E-state index contributed by atoms with van der Waals surface area (Å²) in [4.78, 5) is 29.1. The summed E-state index contributed by atoms with van der Waals surface area (Å²) in [6.45, 7) is 3.47. The molecule has 0 bridgehead atoms. The first-order chi connectivity index (χ1) is 17.2. The van der Waals surface area contributed by atoms with E-state index in [4.69, 9.17) is 9.47 Å². The maximum absolute atomic E-state index is 12.6. The van der Waals surface area contributed by atoms with E-state index in [0.29, 0.717) is 19.8 Å². The van der Waals surface area contributed by atoms with Crippen molar-refractivity contribution in [3.63, 3.8) is 0 Å². The number of aryl methyl sites for hydroxylation is 2. The third-order valence-corrected chi connectivity index (χ3v) is 6.84. The van der Waals surface area contributed by atoms with Gasteiger partial charge in [-0.2, -0.15) is 0 Å². The zero-order chi connectivity index (χ0) is 26.0. The van der Waals surface area contributed by atoms with Gasteiger partial charge in [-0.1, -0.05) is 22.9 Å². The molecule has 0 fully saturated rings. The van der Waals surface area contributed by atoms with Gasteiger partial charge in [0, 0.05) is 38.0 Å². The molecule has 1 amide bonds. The summed E-state index contributed by atoms with van der Waals surface area (Å²) in [5, 5.41) is 10.4. The third-order valence-electron chi connectivity index (χ3n) is 5.10. The van der Waals surface area contributed by atoms with Crippen LogP contribution in [-0.2, 0) is 33.0 Å². The van der Waals surface area contributed by atoms with Gasteiger partial charge < -0.3 is 14.8 Å². The Morgan fingerprint density at radius 1 is 1.03 bits per heavy atom. The average Bonchev–Trinajstić information content (AvgIpc) is 3.29. The summed E-state index contributed by atoms with van der Waals surface area (Å²) in [5.74, 6) is -1.14. The number of ketones is 1. The maximum Gasteiger partial charge on any atom is 0.252 e. The fraction of sp³-hybridized carbons (Fsp3) is 0.375. The molecule has 0 aliphatic heterocycles. The van der Waals surface area contributed by atoms with Gasteiger partial charge in [-0.05, 0) is 25.1 Å². The molecule has 36 heavy (non-hydrogen) atoms. The number of nitrogens with one attached hydrogen (secondary N) is 1. The summed E-state index contributed by atoms with van der Waals surface area (Å²) in [6, 6.07) is 7.88. The minimum absolute atomic E-state index is 0.173. The number of carbonyl (C=O) groups is 2.